The highest BCUT2D eigenvalue weighted by Gasteiger charge is 2.18. The van der Waals surface area contributed by atoms with Gasteiger partial charge in [0.25, 0.3) is 0 Å². The summed E-state index contributed by atoms with van der Waals surface area (Å²) in [6.45, 7) is 0. The second kappa shape index (κ2) is 8.77. The Morgan fingerprint density at radius 1 is 0.412 bits per heavy atom. The van der Waals surface area contributed by atoms with Crippen molar-refractivity contribution in [1.82, 2.24) is 0 Å². The molecule has 0 bridgehead atoms. The van der Waals surface area contributed by atoms with E-state index in [4.69, 9.17) is 0 Å². The van der Waals surface area contributed by atoms with Crippen molar-refractivity contribution in [3.63, 3.8) is 0 Å². The van der Waals surface area contributed by atoms with E-state index in [0.29, 0.717) is 21.2 Å². The minimum atomic E-state index is 0.523. The van der Waals surface area contributed by atoms with E-state index < -0.39 is 0 Å². The van der Waals surface area contributed by atoms with Crippen molar-refractivity contribution >= 4 is 21.2 Å². The Morgan fingerprint density at radius 2 is 0.706 bits per heavy atom. The molecule has 0 N–H and O–H groups in total. The van der Waals surface area contributed by atoms with Gasteiger partial charge in [0.05, 0.1) is 0 Å². The van der Waals surface area contributed by atoms with Crippen LogP contribution in [0.2, 0.25) is 0 Å². The van der Waals surface area contributed by atoms with Crippen molar-refractivity contribution in [3.8, 4) is 0 Å². The smallest absolute Gasteiger partial charge is 0.00276 e. The molecule has 0 aromatic carbocycles. The van der Waals surface area contributed by atoms with Gasteiger partial charge in [-0.2, -0.15) is 0 Å². The summed E-state index contributed by atoms with van der Waals surface area (Å²) < 4.78 is 2.41. The molecule has 0 nitrogen and oxygen atoms in total. The molecule has 0 unspecified atom stereocenters. The molecule has 1 heteroatoms. The lowest BCUT2D eigenvalue weighted by Gasteiger charge is -2.26. The average Bonchev–Trinajstić information content (AvgIpc) is 2.24. The summed E-state index contributed by atoms with van der Waals surface area (Å²) in [6, 6.07) is 0. The van der Waals surface area contributed by atoms with Gasteiger partial charge in [-0.25, -0.2) is 0 Å². The maximum Gasteiger partial charge on any atom is 0.00276 e. The molecule has 0 aromatic rings. The standard InChI is InChI=1S/C16H30I/c1-3-7-11-15(12-8-4-1)17-16-13-9-5-2-6-10-14-16/h15-16H,1-14H2. The zero-order valence-corrected chi connectivity index (χ0v) is 13.6. The van der Waals surface area contributed by atoms with E-state index in [-0.39, 0.29) is 0 Å². The third-order valence-electron chi connectivity index (χ3n) is 4.43. The fraction of sp³-hybridized carbons (Fsp3) is 1.00. The van der Waals surface area contributed by atoms with Crippen molar-refractivity contribution in [1.29, 1.82) is 0 Å². The number of hydrogen-bond donors (Lipinski definition) is 0. The maximum absolute atomic E-state index is 1.60. The topological polar surface area (TPSA) is 0 Å². The van der Waals surface area contributed by atoms with E-state index in [1.807, 2.05) is 0 Å². The first-order valence-electron chi connectivity index (χ1n) is 8.07. The summed E-state index contributed by atoms with van der Waals surface area (Å²) in [7, 11) is 0. The molecule has 0 aliphatic heterocycles. The molecule has 0 saturated heterocycles. The summed E-state index contributed by atoms with van der Waals surface area (Å²) in [5.41, 5.74) is 0. The molecule has 0 aromatic heterocycles. The highest BCUT2D eigenvalue weighted by Crippen LogP contribution is 2.40. The molecular weight excluding hydrogens is 319 g/mol. The SMILES string of the molecule is C1CCCC([I]C2CCCCCCC2)CCC1. The molecule has 0 atom stereocenters. The Morgan fingerprint density at radius 3 is 1.06 bits per heavy atom. The van der Waals surface area contributed by atoms with Crippen molar-refractivity contribution in [2.24, 2.45) is 0 Å². The van der Waals surface area contributed by atoms with Crippen molar-refractivity contribution < 1.29 is 0 Å². The predicted molar refractivity (Wildman–Crippen MR) is 86.2 cm³/mol. The van der Waals surface area contributed by atoms with Gasteiger partial charge in [0.2, 0.25) is 0 Å². The number of hydrogen-bond acceptors (Lipinski definition) is 0. The third-order valence-corrected chi connectivity index (χ3v) is 8.95. The Hall–Kier alpha value is 0.730. The molecule has 0 heterocycles. The lowest BCUT2D eigenvalue weighted by molar-refractivity contribution is 0.514. The molecule has 2 aliphatic carbocycles. The fourth-order valence-electron chi connectivity index (χ4n) is 3.32. The van der Waals surface area contributed by atoms with Crippen LogP contribution in [0.3, 0.4) is 0 Å². The second-order valence-electron chi connectivity index (χ2n) is 6.01. The van der Waals surface area contributed by atoms with Crippen LogP contribution in [0.25, 0.3) is 0 Å². The highest BCUT2D eigenvalue weighted by molar-refractivity contribution is 14.2. The van der Waals surface area contributed by atoms with Gasteiger partial charge in [0, 0.05) is 7.85 Å². The number of halogens is 1. The molecule has 17 heavy (non-hydrogen) atoms. The van der Waals surface area contributed by atoms with Gasteiger partial charge in [-0.3, -0.25) is 0 Å². The lowest BCUT2D eigenvalue weighted by atomic mass is 10.0. The van der Waals surface area contributed by atoms with E-state index >= 15 is 0 Å². The second-order valence-corrected chi connectivity index (χ2v) is 10.3. The largest absolute Gasteiger partial charge is 0.145 e. The van der Waals surface area contributed by atoms with Crippen molar-refractivity contribution in [3.05, 3.63) is 0 Å². The van der Waals surface area contributed by atoms with Crippen molar-refractivity contribution in [2.45, 2.75) is 97.7 Å². The summed E-state index contributed by atoms with van der Waals surface area (Å²) >= 11 is 0.523. The highest BCUT2D eigenvalue weighted by atomic mass is 127. The first-order chi connectivity index (χ1) is 8.45. The van der Waals surface area contributed by atoms with Crippen LogP contribution >= 0.6 is 21.2 Å². The lowest BCUT2D eigenvalue weighted by Crippen LogP contribution is -2.11. The number of alkyl halides is 2. The fourth-order valence-corrected chi connectivity index (χ4v) is 7.95. The van der Waals surface area contributed by atoms with Gasteiger partial charge < -0.3 is 0 Å². The Kier molecular flexibility index (Phi) is 7.29. The monoisotopic (exact) mass is 349 g/mol. The third kappa shape index (κ3) is 5.94. The number of rotatable bonds is 2. The average molecular weight is 349 g/mol. The van der Waals surface area contributed by atoms with Gasteiger partial charge in [-0.05, 0) is 25.7 Å². The molecule has 101 valence electrons. The predicted octanol–water partition coefficient (Wildman–Crippen LogP) is 6.18. The molecule has 1 radical (unpaired) electrons. The Labute approximate surface area is 119 Å². The van der Waals surface area contributed by atoms with E-state index in [9.17, 15) is 0 Å². The summed E-state index contributed by atoms with van der Waals surface area (Å²) in [4.78, 5) is 0. The first-order valence-corrected chi connectivity index (χ1v) is 10.6. The van der Waals surface area contributed by atoms with Crippen LogP contribution < -0.4 is 0 Å². The molecule has 2 aliphatic rings. The van der Waals surface area contributed by atoms with E-state index in [1.165, 1.54) is 46.4 Å². The normalized spacial score (nSPS) is 26.8. The van der Waals surface area contributed by atoms with Gasteiger partial charge >= 0.3 is 0 Å². The van der Waals surface area contributed by atoms with E-state index in [1.54, 1.807) is 51.4 Å². The molecule has 0 spiro atoms. The summed E-state index contributed by atoms with van der Waals surface area (Å²) in [5.74, 6) is 0. The van der Waals surface area contributed by atoms with E-state index in [2.05, 4.69) is 0 Å². The van der Waals surface area contributed by atoms with Gasteiger partial charge in [0.15, 0.2) is 0 Å². The molecular formula is C16H30I. The minimum Gasteiger partial charge on any atom is -0.145 e. The van der Waals surface area contributed by atoms with Crippen LogP contribution in [0.1, 0.15) is 89.9 Å². The zero-order chi connectivity index (χ0) is 11.8. The van der Waals surface area contributed by atoms with Crippen LogP contribution in [0.4, 0.5) is 0 Å². The quantitative estimate of drug-likeness (QED) is 0.412. The molecule has 0 amide bonds. The minimum absolute atomic E-state index is 0.523. The van der Waals surface area contributed by atoms with Crippen LogP contribution in [0.15, 0.2) is 0 Å². The molecule has 2 saturated carbocycles. The maximum atomic E-state index is 1.60. The Balaban J connectivity index is 1.72. The van der Waals surface area contributed by atoms with E-state index in [0.717, 1.165) is 0 Å². The van der Waals surface area contributed by atoms with Crippen LogP contribution in [-0.4, -0.2) is 7.85 Å². The molecule has 2 fully saturated rings. The van der Waals surface area contributed by atoms with Gasteiger partial charge in [-0.1, -0.05) is 64.2 Å². The zero-order valence-electron chi connectivity index (χ0n) is 11.4. The Bertz CT molecular complexity index is 154. The van der Waals surface area contributed by atoms with Crippen LogP contribution in [0.5, 0.6) is 0 Å². The van der Waals surface area contributed by atoms with Gasteiger partial charge in [0.1, 0.15) is 0 Å². The van der Waals surface area contributed by atoms with Crippen LogP contribution in [0, 0.1) is 0 Å². The first kappa shape index (κ1) is 14.1. The summed E-state index contributed by atoms with van der Waals surface area (Å²) in [5, 5.41) is 0. The van der Waals surface area contributed by atoms with Gasteiger partial charge in [-0.15, -0.1) is 21.2 Å². The van der Waals surface area contributed by atoms with Crippen molar-refractivity contribution in [2.75, 3.05) is 0 Å². The van der Waals surface area contributed by atoms with Crippen LogP contribution in [-0.2, 0) is 0 Å². The summed E-state index contributed by atoms with van der Waals surface area (Å²) in [6.07, 6.45) is 21.8. The molecule has 2 rings (SSSR count).